The molecule has 0 aromatic carbocycles. The summed E-state index contributed by atoms with van der Waals surface area (Å²) in [6.45, 7) is 4.44. The average molecular weight is 233 g/mol. The first kappa shape index (κ1) is 12.2. The number of aromatic nitrogens is 1. The minimum absolute atomic E-state index is 0.624. The molecule has 1 aliphatic rings. The average Bonchev–Trinajstić information content (AvgIpc) is 2.29. The van der Waals surface area contributed by atoms with Crippen LogP contribution >= 0.6 is 0 Å². The quantitative estimate of drug-likeness (QED) is 0.854. The predicted octanol–water partition coefficient (Wildman–Crippen LogP) is 2.99. The van der Waals surface area contributed by atoms with Gasteiger partial charge in [-0.05, 0) is 37.3 Å². The zero-order chi connectivity index (χ0) is 12.4. The smallest absolute Gasteiger partial charge is 0.131 e. The number of nitrogens with two attached hydrogens (primary N) is 1. The molecule has 1 aromatic rings. The number of hydrogen-bond acceptors (Lipinski definition) is 3. The third-order valence-corrected chi connectivity index (χ3v) is 3.97. The van der Waals surface area contributed by atoms with Crippen LogP contribution in [0.2, 0.25) is 0 Å². The van der Waals surface area contributed by atoms with E-state index in [4.69, 9.17) is 5.73 Å². The molecule has 0 saturated heterocycles. The first-order valence-corrected chi connectivity index (χ1v) is 6.54. The second-order valence-electron chi connectivity index (χ2n) is 5.35. The fraction of sp³-hybridized carbons (Fsp3) is 0.643. The summed E-state index contributed by atoms with van der Waals surface area (Å²) in [7, 11) is 2.16. The maximum Gasteiger partial charge on any atom is 0.131 e. The van der Waals surface area contributed by atoms with Crippen molar-refractivity contribution in [2.45, 2.75) is 45.6 Å². The fourth-order valence-electron chi connectivity index (χ4n) is 2.99. The van der Waals surface area contributed by atoms with E-state index in [1.807, 2.05) is 6.07 Å². The van der Waals surface area contributed by atoms with Crippen molar-refractivity contribution in [1.29, 1.82) is 0 Å². The molecule has 2 N–H and O–H groups in total. The lowest BCUT2D eigenvalue weighted by Gasteiger charge is -2.37. The van der Waals surface area contributed by atoms with E-state index in [2.05, 4.69) is 30.8 Å². The molecule has 2 rings (SSSR count). The van der Waals surface area contributed by atoms with Crippen LogP contribution < -0.4 is 10.6 Å². The molecule has 1 saturated carbocycles. The fourth-order valence-corrected chi connectivity index (χ4v) is 2.99. The van der Waals surface area contributed by atoms with Gasteiger partial charge in [0.05, 0.1) is 11.9 Å². The highest BCUT2D eigenvalue weighted by atomic mass is 15.2. The van der Waals surface area contributed by atoms with Crippen molar-refractivity contribution in [3.8, 4) is 0 Å². The SMILES string of the molecule is Cc1cc(N)cnc1N(C)C1CCCCC1C. The van der Waals surface area contributed by atoms with Gasteiger partial charge in [0.2, 0.25) is 0 Å². The molecule has 0 amide bonds. The molecule has 0 radical (unpaired) electrons. The Morgan fingerprint density at radius 1 is 1.35 bits per heavy atom. The molecule has 1 heterocycles. The largest absolute Gasteiger partial charge is 0.397 e. The van der Waals surface area contributed by atoms with Crippen LogP contribution in [0.1, 0.15) is 38.2 Å². The highest BCUT2D eigenvalue weighted by Crippen LogP contribution is 2.31. The van der Waals surface area contributed by atoms with Gasteiger partial charge in [-0.15, -0.1) is 0 Å². The second kappa shape index (κ2) is 4.94. The lowest BCUT2D eigenvalue weighted by Crippen LogP contribution is -2.39. The summed E-state index contributed by atoms with van der Waals surface area (Å²) in [6, 6.07) is 2.63. The molecule has 0 spiro atoms. The molecule has 94 valence electrons. The summed E-state index contributed by atoms with van der Waals surface area (Å²) in [5, 5.41) is 0. The highest BCUT2D eigenvalue weighted by Gasteiger charge is 2.26. The lowest BCUT2D eigenvalue weighted by atomic mass is 9.85. The van der Waals surface area contributed by atoms with Gasteiger partial charge in [0, 0.05) is 13.1 Å². The monoisotopic (exact) mass is 233 g/mol. The third-order valence-electron chi connectivity index (χ3n) is 3.97. The molecular weight excluding hydrogens is 210 g/mol. The van der Waals surface area contributed by atoms with Crippen molar-refractivity contribution in [3.63, 3.8) is 0 Å². The number of hydrogen-bond donors (Lipinski definition) is 1. The zero-order valence-electron chi connectivity index (χ0n) is 11.1. The standard InChI is InChI=1S/C14H23N3/c1-10-6-4-5-7-13(10)17(3)14-11(2)8-12(15)9-16-14/h8-10,13H,4-7,15H2,1-3H3. The maximum absolute atomic E-state index is 5.75. The van der Waals surface area contributed by atoms with Crippen molar-refractivity contribution in [3.05, 3.63) is 17.8 Å². The zero-order valence-corrected chi connectivity index (χ0v) is 11.1. The van der Waals surface area contributed by atoms with Gasteiger partial charge in [-0.1, -0.05) is 19.8 Å². The van der Waals surface area contributed by atoms with E-state index in [-0.39, 0.29) is 0 Å². The normalized spacial score (nSPS) is 24.6. The molecule has 0 aliphatic heterocycles. The van der Waals surface area contributed by atoms with Crippen LogP contribution in [0.25, 0.3) is 0 Å². The van der Waals surface area contributed by atoms with Crippen LogP contribution in [-0.2, 0) is 0 Å². The van der Waals surface area contributed by atoms with Crippen molar-refractivity contribution in [1.82, 2.24) is 4.98 Å². The van der Waals surface area contributed by atoms with Gasteiger partial charge in [0.15, 0.2) is 0 Å². The van der Waals surface area contributed by atoms with E-state index in [9.17, 15) is 0 Å². The van der Waals surface area contributed by atoms with Gasteiger partial charge in [-0.25, -0.2) is 4.98 Å². The molecule has 2 atom stereocenters. The minimum Gasteiger partial charge on any atom is -0.397 e. The van der Waals surface area contributed by atoms with Crippen molar-refractivity contribution < 1.29 is 0 Å². The summed E-state index contributed by atoms with van der Waals surface area (Å²) < 4.78 is 0. The Labute approximate surface area is 104 Å². The Bertz CT molecular complexity index is 389. The lowest BCUT2D eigenvalue weighted by molar-refractivity contribution is 0.320. The molecule has 1 fully saturated rings. The Kier molecular flexibility index (Phi) is 3.55. The van der Waals surface area contributed by atoms with E-state index in [0.29, 0.717) is 6.04 Å². The number of aryl methyl sites for hydroxylation is 1. The molecule has 17 heavy (non-hydrogen) atoms. The van der Waals surface area contributed by atoms with E-state index < -0.39 is 0 Å². The maximum atomic E-state index is 5.75. The Hall–Kier alpha value is -1.25. The Morgan fingerprint density at radius 2 is 2.06 bits per heavy atom. The van der Waals surface area contributed by atoms with Crippen LogP contribution in [0, 0.1) is 12.8 Å². The van der Waals surface area contributed by atoms with Crippen molar-refractivity contribution in [2.75, 3.05) is 17.7 Å². The van der Waals surface area contributed by atoms with Gasteiger partial charge in [0.25, 0.3) is 0 Å². The van der Waals surface area contributed by atoms with Crippen molar-refractivity contribution >= 4 is 11.5 Å². The highest BCUT2D eigenvalue weighted by molar-refractivity contribution is 5.52. The van der Waals surface area contributed by atoms with Gasteiger partial charge in [-0.2, -0.15) is 0 Å². The van der Waals surface area contributed by atoms with Crippen LogP contribution in [0.5, 0.6) is 0 Å². The van der Waals surface area contributed by atoms with Crippen LogP contribution in [0.3, 0.4) is 0 Å². The van der Waals surface area contributed by atoms with E-state index in [1.165, 1.54) is 31.2 Å². The summed E-state index contributed by atoms with van der Waals surface area (Å²) >= 11 is 0. The van der Waals surface area contributed by atoms with Crippen molar-refractivity contribution in [2.24, 2.45) is 5.92 Å². The second-order valence-corrected chi connectivity index (χ2v) is 5.35. The van der Waals surface area contributed by atoms with Crippen LogP contribution in [0.15, 0.2) is 12.3 Å². The molecule has 0 bridgehead atoms. The number of rotatable bonds is 2. The molecule has 3 heteroatoms. The Balaban J connectivity index is 2.20. The number of nitrogen functional groups attached to an aromatic ring is 1. The van der Waals surface area contributed by atoms with Gasteiger partial charge >= 0.3 is 0 Å². The molecule has 1 aliphatic carbocycles. The van der Waals surface area contributed by atoms with Gasteiger partial charge < -0.3 is 10.6 Å². The van der Waals surface area contributed by atoms with Crippen LogP contribution in [0.4, 0.5) is 11.5 Å². The number of pyridine rings is 1. The van der Waals surface area contributed by atoms with Gasteiger partial charge in [-0.3, -0.25) is 0 Å². The summed E-state index contributed by atoms with van der Waals surface area (Å²) in [6.07, 6.45) is 7.09. The van der Waals surface area contributed by atoms with E-state index in [0.717, 1.165) is 17.4 Å². The number of anilines is 2. The molecule has 2 unspecified atom stereocenters. The third kappa shape index (κ3) is 2.54. The summed E-state index contributed by atoms with van der Waals surface area (Å²) in [5.41, 5.74) is 7.67. The Morgan fingerprint density at radius 3 is 2.71 bits per heavy atom. The van der Waals surface area contributed by atoms with Gasteiger partial charge in [0.1, 0.15) is 5.82 Å². The number of nitrogens with zero attached hydrogens (tertiary/aromatic N) is 2. The first-order valence-electron chi connectivity index (χ1n) is 6.54. The molecular formula is C14H23N3. The summed E-state index contributed by atoms with van der Waals surface area (Å²) in [5.74, 6) is 1.84. The predicted molar refractivity (Wildman–Crippen MR) is 73.2 cm³/mol. The first-order chi connectivity index (χ1) is 8.09. The topological polar surface area (TPSA) is 42.1 Å². The molecule has 1 aromatic heterocycles. The summed E-state index contributed by atoms with van der Waals surface area (Å²) in [4.78, 5) is 6.83. The van der Waals surface area contributed by atoms with E-state index >= 15 is 0 Å². The molecule has 3 nitrogen and oxygen atoms in total. The minimum atomic E-state index is 0.624. The van der Waals surface area contributed by atoms with E-state index in [1.54, 1.807) is 6.20 Å². The van der Waals surface area contributed by atoms with Crippen LogP contribution in [-0.4, -0.2) is 18.1 Å².